The molecule has 1 fully saturated rings. The van der Waals surface area contributed by atoms with Gasteiger partial charge in [-0.2, -0.15) is 5.10 Å². The Kier molecular flexibility index (Phi) is 6.88. The number of benzene rings is 1. The van der Waals surface area contributed by atoms with Crippen molar-refractivity contribution in [3.05, 3.63) is 52.8 Å². The van der Waals surface area contributed by atoms with Gasteiger partial charge in [0.05, 0.1) is 0 Å². The van der Waals surface area contributed by atoms with Gasteiger partial charge < -0.3 is 4.90 Å². The van der Waals surface area contributed by atoms with Gasteiger partial charge in [-0.15, -0.1) is 0 Å². The largest absolute Gasteiger partial charge is 0.337 e. The number of Topliss-reactive ketones (excluding diaryl/α,β-unsaturated/α-hetero) is 1. The van der Waals surface area contributed by atoms with E-state index in [2.05, 4.69) is 50.0 Å². The van der Waals surface area contributed by atoms with Crippen LogP contribution in [-0.2, 0) is 12.8 Å². The second-order valence-corrected chi connectivity index (χ2v) is 9.10. The second kappa shape index (κ2) is 9.38. The summed E-state index contributed by atoms with van der Waals surface area (Å²) in [5.74, 6) is 1.27. The van der Waals surface area contributed by atoms with Crippen LogP contribution in [0.2, 0.25) is 0 Å². The predicted molar refractivity (Wildman–Crippen MR) is 115 cm³/mol. The van der Waals surface area contributed by atoms with Crippen LogP contribution in [0.25, 0.3) is 0 Å². The van der Waals surface area contributed by atoms with E-state index in [4.69, 9.17) is 0 Å². The zero-order chi connectivity index (χ0) is 21.0. The Morgan fingerprint density at radius 2 is 1.66 bits per heavy atom. The molecule has 1 N–H and O–H groups in total. The van der Waals surface area contributed by atoms with Crippen LogP contribution in [0.4, 0.5) is 0 Å². The average molecular weight is 396 g/mol. The monoisotopic (exact) mass is 395 g/mol. The van der Waals surface area contributed by atoms with Crippen molar-refractivity contribution in [2.45, 2.75) is 53.4 Å². The number of aromatic amines is 1. The van der Waals surface area contributed by atoms with Gasteiger partial charge >= 0.3 is 0 Å². The fourth-order valence-corrected chi connectivity index (χ4v) is 4.03. The van der Waals surface area contributed by atoms with Crippen LogP contribution in [0, 0.1) is 17.8 Å². The summed E-state index contributed by atoms with van der Waals surface area (Å²) >= 11 is 0. The van der Waals surface area contributed by atoms with E-state index in [1.807, 2.05) is 23.1 Å². The standard InChI is InChI=1S/C24H33N3O2/c1-16(2)13-18-5-7-19(8-6-18)23(28)20-9-11-27(12-10-20)24(29)22-15-21(25-26-22)14-17(3)4/h5-8,15-17,20H,9-14H2,1-4H3,(H,25,26). The first-order chi connectivity index (χ1) is 13.8. The Morgan fingerprint density at radius 3 is 2.24 bits per heavy atom. The van der Waals surface area contributed by atoms with Crippen LogP contribution in [0.5, 0.6) is 0 Å². The van der Waals surface area contributed by atoms with Gasteiger partial charge in [0.2, 0.25) is 0 Å². The smallest absolute Gasteiger partial charge is 0.274 e. The molecular formula is C24H33N3O2. The minimum absolute atomic E-state index is 0.00863. The first-order valence-electron chi connectivity index (χ1n) is 10.8. The number of rotatable bonds is 7. The summed E-state index contributed by atoms with van der Waals surface area (Å²) in [6, 6.07) is 9.91. The summed E-state index contributed by atoms with van der Waals surface area (Å²) in [6.07, 6.45) is 3.33. The van der Waals surface area contributed by atoms with Gasteiger partial charge in [-0.3, -0.25) is 14.7 Å². The summed E-state index contributed by atoms with van der Waals surface area (Å²) in [7, 11) is 0. The summed E-state index contributed by atoms with van der Waals surface area (Å²) in [5.41, 5.74) is 3.53. The number of hydrogen-bond donors (Lipinski definition) is 1. The lowest BCUT2D eigenvalue weighted by molar-refractivity contribution is 0.0645. The van der Waals surface area contributed by atoms with Gasteiger partial charge in [0.1, 0.15) is 5.69 Å². The molecule has 1 aromatic heterocycles. The van der Waals surface area contributed by atoms with Crippen LogP contribution in [0.3, 0.4) is 0 Å². The van der Waals surface area contributed by atoms with E-state index in [0.717, 1.165) is 24.1 Å². The van der Waals surface area contributed by atoms with E-state index < -0.39 is 0 Å². The van der Waals surface area contributed by atoms with Crippen molar-refractivity contribution in [3.8, 4) is 0 Å². The third kappa shape index (κ3) is 5.55. The lowest BCUT2D eigenvalue weighted by Crippen LogP contribution is -2.40. The maximum Gasteiger partial charge on any atom is 0.274 e. The van der Waals surface area contributed by atoms with Crippen LogP contribution in [-0.4, -0.2) is 39.9 Å². The van der Waals surface area contributed by atoms with E-state index >= 15 is 0 Å². The summed E-state index contributed by atoms with van der Waals surface area (Å²) < 4.78 is 0. The number of nitrogens with zero attached hydrogens (tertiary/aromatic N) is 2. The molecule has 0 unspecified atom stereocenters. The van der Waals surface area contributed by atoms with E-state index in [9.17, 15) is 9.59 Å². The molecule has 5 heteroatoms. The maximum atomic E-state index is 12.9. The molecule has 3 rings (SSSR count). The predicted octanol–water partition coefficient (Wildman–Crippen LogP) is 4.54. The minimum atomic E-state index is -0.0415. The molecule has 1 saturated heterocycles. The number of carbonyl (C=O) groups is 2. The van der Waals surface area contributed by atoms with Crippen LogP contribution < -0.4 is 0 Å². The Morgan fingerprint density at radius 1 is 1.03 bits per heavy atom. The fraction of sp³-hybridized carbons (Fsp3) is 0.542. The fourth-order valence-electron chi connectivity index (χ4n) is 4.03. The number of aromatic nitrogens is 2. The van der Waals surface area contributed by atoms with E-state index in [1.54, 1.807) is 0 Å². The van der Waals surface area contributed by atoms with Crippen LogP contribution in [0.1, 0.15) is 72.6 Å². The molecule has 0 saturated carbocycles. The molecule has 29 heavy (non-hydrogen) atoms. The van der Waals surface area contributed by atoms with Gasteiger partial charge in [0, 0.05) is 30.3 Å². The Bertz CT molecular complexity index is 828. The molecule has 0 bridgehead atoms. The third-order valence-corrected chi connectivity index (χ3v) is 5.51. The van der Waals surface area contributed by atoms with Crippen molar-refractivity contribution in [2.24, 2.45) is 17.8 Å². The number of piperidine rings is 1. The van der Waals surface area contributed by atoms with Crippen molar-refractivity contribution in [1.82, 2.24) is 15.1 Å². The second-order valence-electron chi connectivity index (χ2n) is 9.10. The molecule has 2 aromatic rings. The zero-order valence-electron chi connectivity index (χ0n) is 18.1. The molecule has 1 aliphatic heterocycles. The van der Waals surface area contributed by atoms with E-state index in [-0.39, 0.29) is 17.6 Å². The molecular weight excluding hydrogens is 362 g/mol. The molecule has 1 aromatic carbocycles. The molecule has 1 aliphatic rings. The molecule has 2 heterocycles. The summed E-state index contributed by atoms with van der Waals surface area (Å²) in [5, 5.41) is 7.16. The number of nitrogens with one attached hydrogen (secondary N) is 1. The quantitative estimate of drug-likeness (QED) is 0.700. The van der Waals surface area contributed by atoms with Crippen LogP contribution in [0.15, 0.2) is 30.3 Å². The summed E-state index contributed by atoms with van der Waals surface area (Å²) in [6.45, 7) is 9.88. The maximum absolute atomic E-state index is 12.9. The van der Waals surface area contributed by atoms with Crippen LogP contribution >= 0.6 is 0 Å². The number of ketones is 1. The Hall–Kier alpha value is -2.43. The van der Waals surface area contributed by atoms with Gasteiger partial charge in [-0.05, 0) is 49.1 Å². The lowest BCUT2D eigenvalue weighted by Gasteiger charge is -2.30. The highest BCUT2D eigenvalue weighted by atomic mass is 16.2. The number of amides is 1. The highest BCUT2D eigenvalue weighted by Crippen LogP contribution is 2.23. The Labute approximate surface area is 173 Å². The molecule has 1 amide bonds. The lowest BCUT2D eigenvalue weighted by atomic mass is 9.88. The SMILES string of the molecule is CC(C)Cc1ccc(C(=O)C2CCN(C(=O)c3cc(CC(C)C)[nH]n3)CC2)cc1. The minimum Gasteiger partial charge on any atom is -0.337 e. The Balaban J connectivity index is 1.55. The molecule has 0 aliphatic carbocycles. The van der Waals surface area contributed by atoms with E-state index in [1.165, 1.54) is 5.56 Å². The molecule has 0 atom stereocenters. The normalized spacial score (nSPS) is 15.3. The summed E-state index contributed by atoms with van der Waals surface area (Å²) in [4.78, 5) is 27.4. The molecule has 0 radical (unpaired) electrons. The van der Waals surface area contributed by atoms with Gasteiger partial charge in [-0.1, -0.05) is 52.0 Å². The van der Waals surface area contributed by atoms with Crippen molar-refractivity contribution >= 4 is 11.7 Å². The number of carbonyl (C=O) groups excluding carboxylic acids is 2. The highest BCUT2D eigenvalue weighted by molar-refractivity contribution is 5.98. The highest BCUT2D eigenvalue weighted by Gasteiger charge is 2.29. The molecule has 5 nitrogen and oxygen atoms in total. The zero-order valence-corrected chi connectivity index (χ0v) is 18.1. The molecule has 0 spiro atoms. The van der Waals surface area contributed by atoms with Crippen molar-refractivity contribution in [3.63, 3.8) is 0 Å². The first kappa shape index (κ1) is 21.3. The van der Waals surface area contributed by atoms with E-state index in [0.29, 0.717) is 43.5 Å². The van der Waals surface area contributed by atoms with Crippen molar-refractivity contribution in [2.75, 3.05) is 13.1 Å². The van der Waals surface area contributed by atoms with Gasteiger partial charge in [0.25, 0.3) is 5.91 Å². The van der Waals surface area contributed by atoms with Gasteiger partial charge in [0.15, 0.2) is 5.78 Å². The first-order valence-corrected chi connectivity index (χ1v) is 10.8. The average Bonchev–Trinajstić information content (AvgIpc) is 3.15. The number of H-pyrrole nitrogens is 1. The topological polar surface area (TPSA) is 66.1 Å². The number of hydrogen-bond acceptors (Lipinski definition) is 3. The molecule has 156 valence electrons. The van der Waals surface area contributed by atoms with Gasteiger partial charge in [-0.25, -0.2) is 0 Å². The number of likely N-dealkylation sites (tertiary alicyclic amines) is 1. The third-order valence-electron chi connectivity index (χ3n) is 5.51. The van der Waals surface area contributed by atoms with Crippen molar-refractivity contribution < 1.29 is 9.59 Å². The van der Waals surface area contributed by atoms with Crippen molar-refractivity contribution in [1.29, 1.82) is 0 Å².